The molecule has 2 N–H and O–H groups in total. The van der Waals surface area contributed by atoms with Crippen LogP contribution in [0.2, 0.25) is 0 Å². The van der Waals surface area contributed by atoms with E-state index in [4.69, 9.17) is 4.74 Å². The molecule has 0 fully saturated rings. The first-order valence-corrected chi connectivity index (χ1v) is 10.1. The number of aromatic hydroxyl groups is 1. The molecule has 1 amide bonds. The number of benzene rings is 3. The summed E-state index contributed by atoms with van der Waals surface area (Å²) < 4.78 is 5.94. The van der Waals surface area contributed by atoms with E-state index in [2.05, 4.69) is 22.7 Å². The highest BCUT2D eigenvalue weighted by Crippen LogP contribution is 2.26. The summed E-state index contributed by atoms with van der Waals surface area (Å²) in [5, 5.41) is 13.5. The zero-order valence-corrected chi connectivity index (χ0v) is 16.9. The molecule has 0 aromatic heterocycles. The second-order valence-electron chi connectivity index (χ2n) is 7.46. The predicted octanol–water partition coefficient (Wildman–Crippen LogP) is 4.61. The smallest absolute Gasteiger partial charge is 0.271 e. The Bertz CT molecular complexity index is 1090. The van der Waals surface area contributed by atoms with E-state index in [0.29, 0.717) is 17.9 Å². The Kier molecular flexibility index (Phi) is 5.80. The summed E-state index contributed by atoms with van der Waals surface area (Å²) in [6, 6.07) is 20.3. The van der Waals surface area contributed by atoms with E-state index < -0.39 is 0 Å². The number of aryl methyl sites for hydroxylation is 2. The monoisotopic (exact) mass is 400 g/mol. The number of nitrogens with one attached hydrogen (secondary N) is 1. The number of phenolic OH excluding ortho intramolecular Hbond substituents is 1. The number of rotatable bonds is 6. The van der Waals surface area contributed by atoms with Crippen LogP contribution in [0.15, 0.2) is 71.8 Å². The van der Waals surface area contributed by atoms with Crippen LogP contribution in [0.3, 0.4) is 0 Å². The van der Waals surface area contributed by atoms with Gasteiger partial charge in [-0.1, -0.05) is 18.2 Å². The van der Waals surface area contributed by atoms with E-state index in [1.165, 1.54) is 17.5 Å². The fourth-order valence-corrected chi connectivity index (χ4v) is 3.57. The second-order valence-corrected chi connectivity index (χ2v) is 7.46. The topological polar surface area (TPSA) is 70.9 Å². The van der Waals surface area contributed by atoms with Crippen molar-refractivity contribution in [3.05, 3.63) is 94.5 Å². The average Bonchev–Trinajstić information content (AvgIpc) is 3.24. The average molecular weight is 400 g/mol. The Labute approximate surface area is 176 Å². The first-order chi connectivity index (χ1) is 14.6. The van der Waals surface area contributed by atoms with E-state index in [1.807, 2.05) is 24.3 Å². The van der Waals surface area contributed by atoms with Crippen LogP contribution in [0.25, 0.3) is 0 Å². The van der Waals surface area contributed by atoms with Gasteiger partial charge in [-0.3, -0.25) is 4.79 Å². The van der Waals surface area contributed by atoms with E-state index in [1.54, 1.807) is 37.3 Å². The molecule has 0 bridgehead atoms. The number of carbonyl (C=O) groups excluding carboxylic acids is 1. The normalized spacial score (nSPS) is 13.0. The van der Waals surface area contributed by atoms with Gasteiger partial charge >= 0.3 is 0 Å². The molecule has 3 aromatic carbocycles. The third-order valence-corrected chi connectivity index (χ3v) is 5.27. The molecule has 0 atom stereocenters. The molecule has 3 aromatic rings. The van der Waals surface area contributed by atoms with E-state index >= 15 is 0 Å². The molecule has 0 aliphatic heterocycles. The van der Waals surface area contributed by atoms with Crippen LogP contribution >= 0.6 is 0 Å². The summed E-state index contributed by atoms with van der Waals surface area (Å²) in [7, 11) is 0. The van der Waals surface area contributed by atoms with Crippen molar-refractivity contribution in [2.45, 2.75) is 32.8 Å². The fraction of sp³-hybridized carbons (Fsp3) is 0.200. The number of amides is 1. The van der Waals surface area contributed by atoms with Gasteiger partial charge in [0.1, 0.15) is 18.1 Å². The Hall–Kier alpha value is -3.60. The van der Waals surface area contributed by atoms with Crippen molar-refractivity contribution in [2.24, 2.45) is 5.10 Å². The van der Waals surface area contributed by atoms with Crippen LogP contribution < -0.4 is 10.2 Å². The van der Waals surface area contributed by atoms with Crippen LogP contribution in [0.5, 0.6) is 11.5 Å². The number of carbonyl (C=O) groups is 1. The lowest BCUT2D eigenvalue weighted by atomic mass is 10.1. The van der Waals surface area contributed by atoms with Crippen LogP contribution in [-0.4, -0.2) is 16.7 Å². The molecule has 0 radical (unpaired) electrons. The molecule has 1 aliphatic rings. The molecule has 0 saturated heterocycles. The molecule has 5 nitrogen and oxygen atoms in total. The summed E-state index contributed by atoms with van der Waals surface area (Å²) in [5.41, 5.74) is 8.30. The number of hydrogen-bond donors (Lipinski definition) is 2. The Morgan fingerprint density at radius 1 is 1.00 bits per heavy atom. The standard InChI is InChI=1S/C25H24N2O3/c1-17(19-8-11-23(28)12-9-19)26-27-25(29)22-7-2-4-18(14-22)16-30-24-13-10-20-5-3-6-21(20)15-24/h2,4,7-15,28H,3,5-6,16H2,1H3,(H,27,29)/b26-17-. The fourth-order valence-electron chi connectivity index (χ4n) is 3.57. The van der Waals surface area contributed by atoms with Crippen molar-refractivity contribution >= 4 is 11.6 Å². The summed E-state index contributed by atoms with van der Waals surface area (Å²) in [5.74, 6) is 0.765. The molecule has 152 valence electrons. The largest absolute Gasteiger partial charge is 0.508 e. The van der Waals surface area contributed by atoms with Gasteiger partial charge in [0.05, 0.1) is 5.71 Å². The number of nitrogens with zero attached hydrogens (tertiary/aromatic N) is 1. The van der Waals surface area contributed by atoms with Gasteiger partial charge in [0, 0.05) is 5.56 Å². The van der Waals surface area contributed by atoms with Gasteiger partial charge in [-0.2, -0.15) is 5.10 Å². The Balaban J connectivity index is 1.38. The lowest BCUT2D eigenvalue weighted by molar-refractivity contribution is 0.0954. The van der Waals surface area contributed by atoms with Crippen molar-refractivity contribution in [3.63, 3.8) is 0 Å². The van der Waals surface area contributed by atoms with Gasteiger partial charge in [-0.25, -0.2) is 5.43 Å². The SMILES string of the molecule is C/C(=N/NC(=O)c1cccc(COc2ccc3c(c2)CCC3)c1)c1ccc(O)cc1. The lowest BCUT2D eigenvalue weighted by Crippen LogP contribution is -2.19. The van der Waals surface area contributed by atoms with Crippen molar-refractivity contribution < 1.29 is 14.6 Å². The molecule has 0 saturated carbocycles. The molecule has 0 heterocycles. The maximum atomic E-state index is 12.5. The minimum Gasteiger partial charge on any atom is -0.508 e. The third kappa shape index (κ3) is 4.69. The summed E-state index contributed by atoms with van der Waals surface area (Å²) >= 11 is 0. The Morgan fingerprint density at radius 3 is 2.63 bits per heavy atom. The third-order valence-electron chi connectivity index (χ3n) is 5.27. The quantitative estimate of drug-likeness (QED) is 0.469. The highest BCUT2D eigenvalue weighted by molar-refractivity contribution is 6.00. The van der Waals surface area contributed by atoms with Gasteiger partial charge in [0.2, 0.25) is 0 Å². The van der Waals surface area contributed by atoms with Gasteiger partial charge in [0.25, 0.3) is 5.91 Å². The van der Waals surface area contributed by atoms with Gasteiger partial charge < -0.3 is 9.84 Å². The van der Waals surface area contributed by atoms with Crippen LogP contribution in [0.4, 0.5) is 0 Å². The first kappa shape index (κ1) is 19.7. The second kappa shape index (κ2) is 8.82. The molecule has 1 aliphatic carbocycles. The highest BCUT2D eigenvalue weighted by atomic mass is 16.5. The molecular formula is C25H24N2O3. The number of fused-ring (bicyclic) bond motifs is 1. The molecular weight excluding hydrogens is 376 g/mol. The molecule has 4 rings (SSSR count). The number of hydrazone groups is 1. The summed E-state index contributed by atoms with van der Waals surface area (Å²) in [6.07, 6.45) is 3.48. The van der Waals surface area contributed by atoms with Crippen LogP contribution in [-0.2, 0) is 19.4 Å². The van der Waals surface area contributed by atoms with Gasteiger partial charge in [0.15, 0.2) is 0 Å². The van der Waals surface area contributed by atoms with Crippen molar-refractivity contribution in [1.29, 1.82) is 0 Å². The maximum Gasteiger partial charge on any atom is 0.271 e. The summed E-state index contributed by atoms with van der Waals surface area (Å²) in [4.78, 5) is 12.5. The highest BCUT2D eigenvalue weighted by Gasteiger charge is 2.11. The van der Waals surface area contributed by atoms with Gasteiger partial charge in [-0.05, 0) is 97.0 Å². The molecule has 30 heavy (non-hydrogen) atoms. The van der Waals surface area contributed by atoms with Crippen molar-refractivity contribution in [3.8, 4) is 11.5 Å². The van der Waals surface area contributed by atoms with E-state index in [0.717, 1.165) is 29.7 Å². The number of phenols is 1. The lowest BCUT2D eigenvalue weighted by Gasteiger charge is -2.09. The van der Waals surface area contributed by atoms with Gasteiger partial charge in [-0.15, -0.1) is 0 Å². The first-order valence-electron chi connectivity index (χ1n) is 10.1. The number of hydrogen-bond acceptors (Lipinski definition) is 4. The minimum absolute atomic E-state index is 0.189. The molecule has 0 spiro atoms. The van der Waals surface area contributed by atoms with Crippen LogP contribution in [0, 0.1) is 0 Å². The summed E-state index contributed by atoms with van der Waals surface area (Å²) in [6.45, 7) is 2.20. The van der Waals surface area contributed by atoms with Crippen molar-refractivity contribution in [2.75, 3.05) is 0 Å². The minimum atomic E-state index is -0.285. The van der Waals surface area contributed by atoms with E-state index in [-0.39, 0.29) is 11.7 Å². The number of ether oxygens (including phenoxy) is 1. The zero-order valence-electron chi connectivity index (χ0n) is 16.9. The molecule has 5 heteroatoms. The predicted molar refractivity (Wildman–Crippen MR) is 117 cm³/mol. The Morgan fingerprint density at radius 2 is 1.80 bits per heavy atom. The van der Waals surface area contributed by atoms with E-state index in [9.17, 15) is 9.90 Å². The maximum absolute atomic E-state index is 12.5. The van der Waals surface area contributed by atoms with Crippen molar-refractivity contribution in [1.82, 2.24) is 5.43 Å². The molecule has 0 unspecified atom stereocenters. The van der Waals surface area contributed by atoms with Crippen LogP contribution in [0.1, 0.15) is 46.0 Å². The zero-order chi connectivity index (χ0) is 20.9.